The van der Waals surface area contributed by atoms with Crippen LogP contribution in [0.4, 0.5) is 0 Å². The Morgan fingerprint density at radius 3 is 2.59 bits per heavy atom. The van der Waals surface area contributed by atoms with Gasteiger partial charge in [-0.3, -0.25) is 4.79 Å². The molecule has 4 heteroatoms. The van der Waals surface area contributed by atoms with Crippen LogP contribution in [-0.2, 0) is 0 Å². The molecular weight excluding hydrogens is 296 g/mol. The molecule has 1 aromatic heterocycles. The Kier molecular flexibility index (Phi) is 3.90. The van der Waals surface area contributed by atoms with Gasteiger partial charge in [0.05, 0.1) is 6.04 Å². The van der Waals surface area contributed by atoms with E-state index < -0.39 is 0 Å². The van der Waals surface area contributed by atoms with Gasteiger partial charge in [0.1, 0.15) is 5.69 Å². The van der Waals surface area contributed by atoms with Crippen molar-refractivity contribution in [1.82, 2.24) is 10.3 Å². The first-order valence-corrected chi connectivity index (χ1v) is 7.56. The number of H-pyrrole nitrogens is 1. The van der Waals surface area contributed by atoms with Crippen molar-refractivity contribution in [1.29, 1.82) is 0 Å². The fourth-order valence-electron chi connectivity index (χ4n) is 2.44. The van der Waals surface area contributed by atoms with Gasteiger partial charge in [-0.1, -0.05) is 41.4 Å². The van der Waals surface area contributed by atoms with Gasteiger partial charge in [-0.15, -0.1) is 0 Å². The Labute approximate surface area is 134 Å². The zero-order valence-corrected chi connectivity index (χ0v) is 13.2. The van der Waals surface area contributed by atoms with Gasteiger partial charge in [0.15, 0.2) is 0 Å². The number of nitrogens with one attached hydrogen (secondary N) is 2. The lowest BCUT2D eigenvalue weighted by atomic mass is 10.1. The molecule has 2 aromatic carbocycles. The SMILES string of the molecule is Cc1ccc(C(C)NC(=O)c2cc3cc(Cl)ccc3[nH]2)cc1. The number of halogens is 1. The quantitative estimate of drug-likeness (QED) is 0.728. The van der Waals surface area contributed by atoms with Crippen LogP contribution in [-0.4, -0.2) is 10.9 Å². The second kappa shape index (κ2) is 5.85. The van der Waals surface area contributed by atoms with Crippen molar-refractivity contribution in [2.45, 2.75) is 19.9 Å². The molecule has 1 atom stereocenters. The summed E-state index contributed by atoms with van der Waals surface area (Å²) in [6, 6.07) is 15.4. The van der Waals surface area contributed by atoms with Gasteiger partial charge in [-0.2, -0.15) is 0 Å². The van der Waals surface area contributed by atoms with E-state index in [4.69, 9.17) is 11.6 Å². The first-order valence-electron chi connectivity index (χ1n) is 7.18. The molecule has 0 saturated carbocycles. The maximum absolute atomic E-state index is 12.4. The highest BCUT2D eigenvalue weighted by atomic mass is 35.5. The normalized spacial score (nSPS) is 12.3. The Bertz CT molecular complexity index is 821. The van der Waals surface area contributed by atoms with E-state index in [2.05, 4.69) is 10.3 Å². The number of hydrogen-bond acceptors (Lipinski definition) is 1. The number of benzene rings is 2. The average Bonchev–Trinajstić information content (AvgIpc) is 2.91. The standard InChI is InChI=1S/C18H17ClN2O/c1-11-3-5-13(6-4-11)12(2)20-18(22)17-10-14-9-15(19)7-8-16(14)21-17/h3-10,12,21H,1-2H3,(H,20,22). The van der Waals surface area contributed by atoms with Gasteiger partial charge in [0.2, 0.25) is 0 Å². The summed E-state index contributed by atoms with van der Waals surface area (Å²) in [5, 5.41) is 4.59. The molecule has 112 valence electrons. The van der Waals surface area contributed by atoms with E-state index >= 15 is 0 Å². The fourth-order valence-corrected chi connectivity index (χ4v) is 2.62. The predicted molar refractivity (Wildman–Crippen MR) is 90.4 cm³/mol. The lowest BCUT2D eigenvalue weighted by Gasteiger charge is -2.14. The van der Waals surface area contributed by atoms with E-state index in [0.29, 0.717) is 10.7 Å². The molecule has 0 saturated heterocycles. The van der Waals surface area contributed by atoms with Crippen LogP contribution >= 0.6 is 11.6 Å². The molecule has 3 nitrogen and oxygen atoms in total. The summed E-state index contributed by atoms with van der Waals surface area (Å²) >= 11 is 5.97. The number of hydrogen-bond donors (Lipinski definition) is 2. The van der Waals surface area contributed by atoms with Crippen molar-refractivity contribution in [2.75, 3.05) is 0 Å². The molecule has 0 fully saturated rings. The number of amides is 1. The average molecular weight is 313 g/mol. The molecule has 0 spiro atoms. The summed E-state index contributed by atoms with van der Waals surface area (Å²) in [6.07, 6.45) is 0. The van der Waals surface area contributed by atoms with Crippen LogP contribution in [0.3, 0.4) is 0 Å². The molecule has 1 heterocycles. The van der Waals surface area contributed by atoms with Crippen molar-refractivity contribution < 1.29 is 4.79 Å². The van der Waals surface area contributed by atoms with Gasteiger partial charge in [-0.05, 0) is 43.7 Å². The maximum atomic E-state index is 12.4. The number of aromatic amines is 1. The minimum Gasteiger partial charge on any atom is -0.351 e. The van der Waals surface area contributed by atoms with Gasteiger partial charge in [0.25, 0.3) is 5.91 Å². The molecule has 1 unspecified atom stereocenters. The lowest BCUT2D eigenvalue weighted by molar-refractivity contribution is 0.0935. The van der Waals surface area contributed by atoms with Crippen LogP contribution in [0.1, 0.15) is 34.6 Å². The Morgan fingerprint density at radius 1 is 1.14 bits per heavy atom. The van der Waals surface area contributed by atoms with E-state index in [0.717, 1.165) is 16.5 Å². The highest BCUT2D eigenvalue weighted by molar-refractivity contribution is 6.31. The third kappa shape index (κ3) is 3.00. The minimum absolute atomic E-state index is 0.0527. The summed E-state index contributed by atoms with van der Waals surface area (Å²) in [5.41, 5.74) is 3.72. The summed E-state index contributed by atoms with van der Waals surface area (Å²) in [4.78, 5) is 15.5. The molecule has 22 heavy (non-hydrogen) atoms. The Balaban J connectivity index is 1.79. The van der Waals surface area contributed by atoms with Crippen LogP contribution in [0.15, 0.2) is 48.5 Å². The van der Waals surface area contributed by atoms with Crippen LogP contribution in [0.2, 0.25) is 5.02 Å². The largest absolute Gasteiger partial charge is 0.351 e. The zero-order valence-electron chi connectivity index (χ0n) is 12.5. The third-order valence-corrected chi connectivity index (χ3v) is 3.99. The number of carbonyl (C=O) groups is 1. The molecule has 0 aliphatic rings. The first kappa shape index (κ1) is 14.7. The summed E-state index contributed by atoms with van der Waals surface area (Å²) in [5.74, 6) is -0.125. The van der Waals surface area contributed by atoms with Crippen LogP contribution in [0.5, 0.6) is 0 Å². The smallest absolute Gasteiger partial charge is 0.268 e. The predicted octanol–water partition coefficient (Wildman–Crippen LogP) is 4.62. The van der Waals surface area contributed by atoms with Gasteiger partial charge >= 0.3 is 0 Å². The fraction of sp³-hybridized carbons (Fsp3) is 0.167. The summed E-state index contributed by atoms with van der Waals surface area (Å²) in [6.45, 7) is 4.02. The lowest BCUT2D eigenvalue weighted by Crippen LogP contribution is -2.26. The van der Waals surface area contributed by atoms with E-state index in [1.807, 2.05) is 56.3 Å². The molecule has 3 rings (SSSR count). The van der Waals surface area contributed by atoms with Gasteiger partial charge < -0.3 is 10.3 Å². The Hall–Kier alpha value is -2.26. The molecule has 0 radical (unpaired) electrons. The molecular formula is C18H17ClN2O. The van der Waals surface area contributed by atoms with E-state index in [9.17, 15) is 4.79 Å². The van der Waals surface area contributed by atoms with Crippen molar-refractivity contribution in [2.24, 2.45) is 0 Å². The van der Waals surface area contributed by atoms with E-state index in [1.165, 1.54) is 5.56 Å². The topological polar surface area (TPSA) is 44.9 Å². The third-order valence-electron chi connectivity index (χ3n) is 3.75. The van der Waals surface area contributed by atoms with Crippen LogP contribution in [0.25, 0.3) is 10.9 Å². The number of fused-ring (bicyclic) bond motifs is 1. The summed E-state index contributed by atoms with van der Waals surface area (Å²) in [7, 11) is 0. The number of rotatable bonds is 3. The minimum atomic E-state index is -0.125. The highest BCUT2D eigenvalue weighted by Crippen LogP contribution is 2.21. The maximum Gasteiger partial charge on any atom is 0.268 e. The van der Waals surface area contributed by atoms with Gasteiger partial charge in [-0.25, -0.2) is 0 Å². The molecule has 1 amide bonds. The zero-order chi connectivity index (χ0) is 15.7. The number of aromatic nitrogens is 1. The molecule has 0 aliphatic carbocycles. The second-order valence-corrected chi connectivity index (χ2v) is 5.96. The van der Waals surface area contributed by atoms with Crippen molar-refractivity contribution in [3.8, 4) is 0 Å². The van der Waals surface area contributed by atoms with Crippen molar-refractivity contribution >= 4 is 28.4 Å². The molecule has 0 aliphatic heterocycles. The number of carbonyl (C=O) groups excluding carboxylic acids is 1. The van der Waals surface area contributed by atoms with Crippen molar-refractivity contribution in [3.63, 3.8) is 0 Å². The molecule has 0 bridgehead atoms. The van der Waals surface area contributed by atoms with E-state index in [1.54, 1.807) is 6.07 Å². The molecule has 2 N–H and O–H groups in total. The molecule has 3 aromatic rings. The van der Waals surface area contributed by atoms with Crippen LogP contribution < -0.4 is 5.32 Å². The van der Waals surface area contributed by atoms with E-state index in [-0.39, 0.29) is 11.9 Å². The second-order valence-electron chi connectivity index (χ2n) is 5.52. The summed E-state index contributed by atoms with van der Waals surface area (Å²) < 4.78 is 0. The Morgan fingerprint density at radius 2 is 1.86 bits per heavy atom. The first-order chi connectivity index (χ1) is 10.5. The number of aryl methyl sites for hydroxylation is 1. The van der Waals surface area contributed by atoms with Gasteiger partial charge in [0, 0.05) is 15.9 Å². The van der Waals surface area contributed by atoms with Crippen LogP contribution in [0, 0.1) is 6.92 Å². The highest BCUT2D eigenvalue weighted by Gasteiger charge is 2.13. The van der Waals surface area contributed by atoms with Crippen molar-refractivity contribution in [3.05, 3.63) is 70.4 Å². The monoisotopic (exact) mass is 312 g/mol.